The first-order valence-electron chi connectivity index (χ1n) is 5.27. The molecule has 16 heavy (non-hydrogen) atoms. The van der Waals surface area contributed by atoms with E-state index >= 15 is 0 Å². The molecular weight excluding hydrogens is 222 g/mol. The highest BCUT2D eigenvalue weighted by Gasteiger charge is 2.21. The quantitative estimate of drug-likeness (QED) is 0.858. The number of hydrogen-bond donors (Lipinski definition) is 1. The van der Waals surface area contributed by atoms with Crippen LogP contribution in [0.15, 0.2) is 18.2 Å². The molecule has 0 aliphatic carbocycles. The minimum Gasteiger partial charge on any atom is -0.480 e. The van der Waals surface area contributed by atoms with Crippen LogP contribution in [-0.4, -0.2) is 21.3 Å². The third-order valence-corrected chi connectivity index (χ3v) is 3.77. The lowest BCUT2D eigenvalue weighted by Crippen LogP contribution is -2.22. The highest BCUT2D eigenvalue weighted by atomic mass is 32.2. The average Bonchev–Trinajstić information content (AvgIpc) is 2.16. The van der Waals surface area contributed by atoms with Gasteiger partial charge in [0.2, 0.25) is 0 Å². The minimum atomic E-state index is -0.743. The van der Waals surface area contributed by atoms with Gasteiger partial charge in [-0.3, -0.25) is 9.78 Å². The van der Waals surface area contributed by atoms with Gasteiger partial charge >= 0.3 is 5.97 Å². The van der Waals surface area contributed by atoms with Crippen molar-refractivity contribution in [2.75, 3.05) is 0 Å². The Morgan fingerprint density at radius 1 is 1.50 bits per heavy atom. The van der Waals surface area contributed by atoms with E-state index in [2.05, 4.69) is 4.98 Å². The van der Waals surface area contributed by atoms with Crippen LogP contribution in [0.4, 0.5) is 0 Å². The van der Waals surface area contributed by atoms with Gasteiger partial charge in [0, 0.05) is 11.4 Å². The zero-order valence-corrected chi connectivity index (χ0v) is 10.6. The van der Waals surface area contributed by atoms with Gasteiger partial charge in [-0.2, -0.15) is 0 Å². The lowest BCUT2D eigenvalue weighted by Gasteiger charge is -2.15. The first-order chi connectivity index (χ1) is 7.50. The molecule has 0 aliphatic heterocycles. The number of thioether (sulfide) groups is 1. The molecule has 0 saturated carbocycles. The Balaban J connectivity index is 2.59. The van der Waals surface area contributed by atoms with Crippen molar-refractivity contribution >= 4 is 17.7 Å². The van der Waals surface area contributed by atoms with Gasteiger partial charge in [0.1, 0.15) is 5.25 Å². The second kappa shape index (κ2) is 5.89. The van der Waals surface area contributed by atoms with E-state index in [4.69, 9.17) is 5.11 Å². The number of aromatic nitrogens is 1. The van der Waals surface area contributed by atoms with E-state index in [-0.39, 0.29) is 11.2 Å². The molecule has 1 heterocycles. The molecule has 1 aromatic rings. The largest absolute Gasteiger partial charge is 0.480 e. The maximum Gasteiger partial charge on any atom is 0.316 e. The standard InChI is InChI=1S/C12H17NO2S/c1-8(2)11(12(14)15)16-7-10-6-4-5-9(3)13-10/h4-6,8,11H,7H2,1-3H3,(H,14,15). The molecule has 0 aliphatic rings. The average molecular weight is 239 g/mol. The minimum absolute atomic E-state index is 0.132. The number of carboxylic acids is 1. The summed E-state index contributed by atoms with van der Waals surface area (Å²) in [5.41, 5.74) is 1.91. The molecule has 0 saturated heterocycles. The van der Waals surface area contributed by atoms with E-state index in [1.165, 1.54) is 11.8 Å². The number of aliphatic carboxylic acids is 1. The summed E-state index contributed by atoms with van der Waals surface area (Å²) in [6.07, 6.45) is 0. The Kier molecular flexibility index (Phi) is 4.80. The van der Waals surface area contributed by atoms with Crippen LogP contribution in [0.3, 0.4) is 0 Å². The van der Waals surface area contributed by atoms with Crippen LogP contribution in [0, 0.1) is 12.8 Å². The number of hydrogen-bond acceptors (Lipinski definition) is 3. The monoisotopic (exact) mass is 239 g/mol. The molecule has 0 bridgehead atoms. The molecule has 1 N–H and O–H groups in total. The van der Waals surface area contributed by atoms with Crippen LogP contribution in [-0.2, 0) is 10.5 Å². The van der Waals surface area contributed by atoms with Crippen molar-refractivity contribution in [3.8, 4) is 0 Å². The van der Waals surface area contributed by atoms with E-state index in [1.54, 1.807) is 0 Å². The van der Waals surface area contributed by atoms with Crippen molar-refractivity contribution in [3.05, 3.63) is 29.6 Å². The first kappa shape index (κ1) is 13.0. The number of carbonyl (C=O) groups is 1. The van der Waals surface area contributed by atoms with E-state index in [0.717, 1.165) is 11.4 Å². The van der Waals surface area contributed by atoms with Crippen LogP contribution in [0.1, 0.15) is 25.2 Å². The van der Waals surface area contributed by atoms with Gasteiger partial charge in [-0.1, -0.05) is 19.9 Å². The molecule has 4 heteroatoms. The maximum atomic E-state index is 11.0. The highest BCUT2D eigenvalue weighted by molar-refractivity contribution is 7.99. The Labute approximate surface area is 100 Å². The Morgan fingerprint density at radius 2 is 2.19 bits per heavy atom. The number of nitrogens with zero attached hydrogens (tertiary/aromatic N) is 1. The van der Waals surface area contributed by atoms with Gasteiger partial charge in [0.25, 0.3) is 0 Å². The van der Waals surface area contributed by atoms with Gasteiger partial charge in [-0.05, 0) is 25.0 Å². The van der Waals surface area contributed by atoms with Gasteiger partial charge < -0.3 is 5.11 Å². The molecule has 0 aromatic carbocycles. The number of pyridine rings is 1. The van der Waals surface area contributed by atoms with Crippen molar-refractivity contribution in [1.29, 1.82) is 0 Å². The highest BCUT2D eigenvalue weighted by Crippen LogP contribution is 2.23. The van der Waals surface area contributed by atoms with Gasteiger partial charge in [-0.25, -0.2) is 0 Å². The number of aryl methyl sites for hydroxylation is 1. The molecule has 3 nitrogen and oxygen atoms in total. The van der Waals surface area contributed by atoms with Crippen LogP contribution < -0.4 is 0 Å². The van der Waals surface area contributed by atoms with Crippen LogP contribution in [0.25, 0.3) is 0 Å². The summed E-state index contributed by atoms with van der Waals surface area (Å²) in [5, 5.41) is 8.68. The third-order valence-electron chi connectivity index (χ3n) is 2.21. The van der Waals surface area contributed by atoms with Crippen LogP contribution in [0.5, 0.6) is 0 Å². The van der Waals surface area contributed by atoms with Crippen LogP contribution >= 0.6 is 11.8 Å². The predicted octanol–water partition coefficient (Wildman–Crippen LogP) is 2.73. The molecule has 0 radical (unpaired) electrons. The molecule has 1 unspecified atom stereocenters. The Bertz CT molecular complexity index is 366. The van der Waals surface area contributed by atoms with Gasteiger partial charge in [0.05, 0.1) is 5.69 Å². The van der Waals surface area contributed by atoms with Crippen molar-refractivity contribution in [3.63, 3.8) is 0 Å². The summed E-state index contributed by atoms with van der Waals surface area (Å²) in [5.74, 6) is 0.0385. The molecule has 0 amide bonds. The molecule has 88 valence electrons. The summed E-state index contributed by atoms with van der Waals surface area (Å²) >= 11 is 1.44. The van der Waals surface area contributed by atoms with E-state index in [9.17, 15) is 4.79 Å². The van der Waals surface area contributed by atoms with E-state index in [0.29, 0.717) is 5.75 Å². The molecule has 1 rings (SSSR count). The molecule has 0 spiro atoms. The first-order valence-corrected chi connectivity index (χ1v) is 6.32. The number of carboxylic acid groups (broad SMARTS) is 1. The summed E-state index contributed by atoms with van der Waals surface area (Å²) in [4.78, 5) is 15.3. The summed E-state index contributed by atoms with van der Waals surface area (Å²) in [6.45, 7) is 5.79. The second-order valence-corrected chi connectivity index (χ2v) is 5.21. The smallest absolute Gasteiger partial charge is 0.316 e. The van der Waals surface area contributed by atoms with Gasteiger partial charge in [0.15, 0.2) is 0 Å². The predicted molar refractivity (Wildman–Crippen MR) is 66.5 cm³/mol. The topological polar surface area (TPSA) is 50.2 Å². The van der Waals surface area contributed by atoms with E-state index < -0.39 is 5.97 Å². The Hall–Kier alpha value is -1.03. The lowest BCUT2D eigenvalue weighted by molar-refractivity contribution is -0.137. The SMILES string of the molecule is Cc1cccc(CSC(C(=O)O)C(C)C)n1. The molecule has 0 fully saturated rings. The second-order valence-electron chi connectivity index (χ2n) is 4.08. The summed E-state index contributed by atoms with van der Waals surface area (Å²) in [7, 11) is 0. The summed E-state index contributed by atoms with van der Waals surface area (Å²) in [6, 6.07) is 5.81. The zero-order valence-electron chi connectivity index (χ0n) is 9.80. The normalized spacial score (nSPS) is 12.8. The van der Waals surface area contributed by atoms with Crippen molar-refractivity contribution in [1.82, 2.24) is 4.98 Å². The fourth-order valence-electron chi connectivity index (χ4n) is 1.40. The third kappa shape index (κ3) is 3.85. The van der Waals surface area contributed by atoms with Crippen molar-refractivity contribution in [2.45, 2.75) is 31.8 Å². The fourth-order valence-corrected chi connectivity index (χ4v) is 2.44. The lowest BCUT2D eigenvalue weighted by atomic mass is 10.1. The van der Waals surface area contributed by atoms with Gasteiger partial charge in [-0.15, -0.1) is 11.8 Å². The fraction of sp³-hybridized carbons (Fsp3) is 0.500. The molecular formula is C12H17NO2S. The Morgan fingerprint density at radius 3 is 2.69 bits per heavy atom. The van der Waals surface area contributed by atoms with Crippen LogP contribution in [0.2, 0.25) is 0 Å². The summed E-state index contributed by atoms with van der Waals surface area (Å²) < 4.78 is 0. The molecule has 1 aromatic heterocycles. The van der Waals surface area contributed by atoms with E-state index in [1.807, 2.05) is 39.0 Å². The van der Waals surface area contributed by atoms with Crippen molar-refractivity contribution in [2.24, 2.45) is 5.92 Å². The number of rotatable bonds is 5. The maximum absolute atomic E-state index is 11.0. The zero-order chi connectivity index (χ0) is 12.1. The van der Waals surface area contributed by atoms with Crippen molar-refractivity contribution < 1.29 is 9.90 Å². The molecule has 1 atom stereocenters.